The monoisotopic (exact) mass is 519 g/mol. The van der Waals surface area contributed by atoms with E-state index in [0.29, 0.717) is 35.8 Å². The molecule has 38 heavy (non-hydrogen) atoms. The Labute approximate surface area is 217 Å². The van der Waals surface area contributed by atoms with Crippen molar-refractivity contribution in [3.05, 3.63) is 65.0 Å². The van der Waals surface area contributed by atoms with E-state index in [9.17, 15) is 14.4 Å². The fraction of sp³-hybridized carbons (Fsp3) is 0.308. The van der Waals surface area contributed by atoms with Crippen molar-refractivity contribution in [3.8, 4) is 11.5 Å². The minimum absolute atomic E-state index is 0.131. The summed E-state index contributed by atoms with van der Waals surface area (Å²) in [6.45, 7) is 0.537. The summed E-state index contributed by atoms with van der Waals surface area (Å²) in [5.74, 6) is -0.973. The molecule has 0 unspecified atom stereocenters. The van der Waals surface area contributed by atoms with Crippen LogP contribution in [0.5, 0.6) is 11.5 Å². The molecule has 12 heteroatoms. The lowest BCUT2D eigenvalue weighted by Crippen LogP contribution is -2.35. The van der Waals surface area contributed by atoms with E-state index >= 15 is 0 Å². The van der Waals surface area contributed by atoms with Crippen molar-refractivity contribution in [2.24, 2.45) is 4.99 Å². The van der Waals surface area contributed by atoms with Crippen molar-refractivity contribution in [2.45, 2.75) is 25.1 Å². The number of rotatable bonds is 7. The summed E-state index contributed by atoms with van der Waals surface area (Å²) in [7, 11) is 3.88. The molecule has 2 atom stereocenters. The quantitative estimate of drug-likeness (QED) is 0.432. The van der Waals surface area contributed by atoms with Gasteiger partial charge in [-0.3, -0.25) is 9.79 Å². The second-order valence-electron chi connectivity index (χ2n) is 8.70. The predicted molar refractivity (Wildman–Crippen MR) is 133 cm³/mol. The van der Waals surface area contributed by atoms with Crippen LogP contribution in [0.3, 0.4) is 0 Å². The standard InChI is InChI=1S/C26H25N5O7/c1-35-20-10-18-19(11-21(20)38-14-15-7-5-4-6-8-15)27-12-16-9-17(13-30(16)24(18)32)31-23(26(34)37-3)22(28-29-31)25(33)36-2/h4-8,10-12,16-17H,9,13-14H2,1-3H3/t16-,17-/m0/s1. The first-order valence-electron chi connectivity index (χ1n) is 11.8. The molecule has 12 nitrogen and oxygen atoms in total. The summed E-state index contributed by atoms with van der Waals surface area (Å²) in [5, 5.41) is 7.85. The van der Waals surface area contributed by atoms with Crippen LogP contribution >= 0.6 is 0 Å². The van der Waals surface area contributed by atoms with E-state index in [2.05, 4.69) is 15.3 Å². The number of carbonyl (C=O) groups excluding carboxylic acids is 3. The second kappa shape index (κ2) is 10.3. The fourth-order valence-electron chi connectivity index (χ4n) is 4.62. The molecule has 0 saturated carbocycles. The van der Waals surface area contributed by atoms with Crippen molar-refractivity contribution >= 4 is 29.7 Å². The van der Waals surface area contributed by atoms with Crippen LogP contribution in [0.2, 0.25) is 0 Å². The van der Waals surface area contributed by atoms with E-state index < -0.39 is 18.0 Å². The minimum Gasteiger partial charge on any atom is -0.493 e. The van der Waals surface area contributed by atoms with Gasteiger partial charge in [-0.05, 0) is 18.1 Å². The Hall–Kier alpha value is -4.74. The summed E-state index contributed by atoms with van der Waals surface area (Å²) in [5.41, 5.74) is 1.43. The largest absolute Gasteiger partial charge is 0.493 e. The summed E-state index contributed by atoms with van der Waals surface area (Å²) in [6, 6.07) is 12.2. The summed E-state index contributed by atoms with van der Waals surface area (Å²) in [6.07, 6.45) is 2.08. The van der Waals surface area contributed by atoms with Gasteiger partial charge in [-0.2, -0.15) is 0 Å². The van der Waals surface area contributed by atoms with Crippen LogP contribution in [-0.4, -0.2) is 77.9 Å². The molecule has 1 fully saturated rings. The highest BCUT2D eigenvalue weighted by Crippen LogP contribution is 2.39. The van der Waals surface area contributed by atoms with E-state index in [1.165, 1.54) is 26.0 Å². The highest BCUT2D eigenvalue weighted by molar-refractivity contribution is 6.04. The number of aliphatic imine (C=N–C) groups is 1. The predicted octanol–water partition coefficient (Wildman–Crippen LogP) is 2.61. The lowest BCUT2D eigenvalue weighted by molar-refractivity contribution is 0.0541. The molecule has 1 saturated heterocycles. The van der Waals surface area contributed by atoms with Crippen molar-refractivity contribution in [2.75, 3.05) is 27.9 Å². The molecule has 0 bridgehead atoms. The van der Waals surface area contributed by atoms with Gasteiger partial charge in [-0.1, -0.05) is 35.5 Å². The van der Waals surface area contributed by atoms with Gasteiger partial charge < -0.3 is 23.8 Å². The first-order valence-corrected chi connectivity index (χ1v) is 11.8. The van der Waals surface area contributed by atoms with Crippen LogP contribution in [0.15, 0.2) is 47.5 Å². The SMILES string of the molecule is COC(=O)c1nnn([C@H]2C[C@H]3C=Nc4cc(OCc5ccccc5)c(OC)cc4C(=O)N3C2)c1C(=O)OC. The first-order chi connectivity index (χ1) is 18.4. The molecule has 3 aromatic rings. The zero-order valence-corrected chi connectivity index (χ0v) is 21.0. The van der Waals surface area contributed by atoms with Crippen molar-refractivity contribution < 1.29 is 33.3 Å². The third kappa shape index (κ3) is 4.44. The Morgan fingerprint density at radius 1 is 1.03 bits per heavy atom. The number of benzene rings is 2. The molecule has 3 heterocycles. The average molecular weight is 520 g/mol. The molecule has 0 N–H and O–H groups in total. The molecule has 0 spiro atoms. The number of hydrogen-bond donors (Lipinski definition) is 0. The topological polar surface area (TPSA) is 134 Å². The lowest BCUT2D eigenvalue weighted by atomic mass is 10.1. The molecule has 0 aliphatic carbocycles. The zero-order valence-electron chi connectivity index (χ0n) is 21.0. The third-order valence-electron chi connectivity index (χ3n) is 6.52. The Kier molecular flexibility index (Phi) is 6.77. The van der Waals surface area contributed by atoms with Gasteiger partial charge in [0, 0.05) is 18.8 Å². The molecule has 2 aromatic carbocycles. The van der Waals surface area contributed by atoms with E-state index in [4.69, 9.17) is 18.9 Å². The molecule has 2 aliphatic heterocycles. The number of carbonyl (C=O) groups is 3. The molecular formula is C26H25N5O7. The molecular weight excluding hydrogens is 494 g/mol. The van der Waals surface area contributed by atoms with Crippen LogP contribution in [0.1, 0.15) is 49.4 Å². The zero-order chi connectivity index (χ0) is 26.8. The number of esters is 2. The van der Waals surface area contributed by atoms with Gasteiger partial charge >= 0.3 is 11.9 Å². The number of fused-ring (bicyclic) bond motifs is 2. The molecule has 5 rings (SSSR count). The van der Waals surface area contributed by atoms with Gasteiger partial charge in [-0.25, -0.2) is 14.3 Å². The number of hydrogen-bond acceptors (Lipinski definition) is 10. The minimum atomic E-state index is -0.812. The Bertz CT molecular complexity index is 1420. The fourth-order valence-corrected chi connectivity index (χ4v) is 4.62. The van der Waals surface area contributed by atoms with Crippen LogP contribution in [0.25, 0.3) is 0 Å². The van der Waals surface area contributed by atoms with Gasteiger partial charge in [0.2, 0.25) is 5.69 Å². The van der Waals surface area contributed by atoms with E-state index in [0.717, 1.165) is 5.56 Å². The highest BCUT2D eigenvalue weighted by atomic mass is 16.5. The summed E-state index contributed by atoms with van der Waals surface area (Å²) < 4.78 is 22.4. The van der Waals surface area contributed by atoms with Crippen LogP contribution in [-0.2, 0) is 16.1 Å². The van der Waals surface area contributed by atoms with Gasteiger partial charge in [0.05, 0.1) is 44.7 Å². The number of aromatic nitrogens is 3. The lowest BCUT2D eigenvalue weighted by Gasteiger charge is -2.21. The van der Waals surface area contributed by atoms with E-state index in [1.807, 2.05) is 30.3 Å². The van der Waals surface area contributed by atoms with Crippen molar-refractivity contribution in [1.82, 2.24) is 19.9 Å². The highest BCUT2D eigenvalue weighted by Gasteiger charge is 2.41. The van der Waals surface area contributed by atoms with Crippen molar-refractivity contribution in [3.63, 3.8) is 0 Å². The Balaban J connectivity index is 1.42. The normalized spacial score (nSPS) is 17.9. The second-order valence-corrected chi connectivity index (χ2v) is 8.70. The van der Waals surface area contributed by atoms with Gasteiger partial charge in [0.1, 0.15) is 6.61 Å². The maximum atomic E-state index is 13.6. The number of amides is 1. The van der Waals surface area contributed by atoms with Crippen LogP contribution in [0, 0.1) is 0 Å². The number of ether oxygens (including phenoxy) is 4. The van der Waals surface area contributed by atoms with E-state index in [1.54, 1.807) is 23.2 Å². The van der Waals surface area contributed by atoms with E-state index in [-0.39, 0.29) is 29.9 Å². The smallest absolute Gasteiger partial charge is 0.361 e. The maximum Gasteiger partial charge on any atom is 0.361 e. The van der Waals surface area contributed by atoms with Gasteiger partial charge in [0.25, 0.3) is 5.91 Å². The van der Waals surface area contributed by atoms with Crippen LogP contribution in [0.4, 0.5) is 5.69 Å². The molecule has 2 aliphatic rings. The summed E-state index contributed by atoms with van der Waals surface area (Å²) >= 11 is 0. The van der Waals surface area contributed by atoms with Gasteiger partial charge in [0.15, 0.2) is 17.2 Å². The molecule has 1 aromatic heterocycles. The van der Waals surface area contributed by atoms with Crippen LogP contribution < -0.4 is 9.47 Å². The number of methoxy groups -OCH3 is 3. The average Bonchev–Trinajstić information content (AvgIpc) is 3.56. The molecule has 196 valence electrons. The van der Waals surface area contributed by atoms with Gasteiger partial charge in [-0.15, -0.1) is 5.10 Å². The third-order valence-corrected chi connectivity index (χ3v) is 6.52. The molecule has 0 radical (unpaired) electrons. The maximum absolute atomic E-state index is 13.6. The first kappa shape index (κ1) is 24.9. The van der Waals surface area contributed by atoms with Crippen molar-refractivity contribution in [1.29, 1.82) is 0 Å². The number of nitrogens with zero attached hydrogens (tertiary/aromatic N) is 5. The summed E-state index contributed by atoms with van der Waals surface area (Å²) in [4.78, 5) is 44.5. The Morgan fingerprint density at radius 2 is 1.79 bits per heavy atom. The Morgan fingerprint density at radius 3 is 2.50 bits per heavy atom. The molecule has 1 amide bonds.